The van der Waals surface area contributed by atoms with Crippen molar-refractivity contribution in [2.24, 2.45) is 0 Å². The second-order valence-electron chi connectivity index (χ2n) is 5.89. The quantitative estimate of drug-likeness (QED) is 0.943. The minimum absolute atomic E-state index is 0.710. The van der Waals surface area contributed by atoms with Crippen LogP contribution in [0.5, 0.6) is 0 Å². The molecule has 1 saturated carbocycles. The molecule has 0 spiro atoms. The first-order valence-corrected chi connectivity index (χ1v) is 7.94. The zero-order valence-corrected chi connectivity index (χ0v) is 12.7. The summed E-state index contributed by atoms with van der Waals surface area (Å²) in [5.41, 5.74) is 2.37. The van der Waals surface area contributed by atoms with E-state index in [2.05, 4.69) is 38.0 Å². The molecule has 2 aliphatic rings. The molecule has 5 heteroatoms. The van der Waals surface area contributed by atoms with Crippen LogP contribution < -0.4 is 10.2 Å². The fourth-order valence-electron chi connectivity index (χ4n) is 2.81. The Kier molecular flexibility index (Phi) is 3.36. The highest BCUT2D eigenvalue weighted by molar-refractivity contribution is 6.31. The Morgan fingerprint density at radius 3 is 3.00 bits per heavy atom. The normalized spacial score (nSPS) is 17.9. The van der Waals surface area contributed by atoms with E-state index in [0.29, 0.717) is 6.04 Å². The van der Waals surface area contributed by atoms with Crippen molar-refractivity contribution in [1.82, 2.24) is 14.9 Å². The second kappa shape index (κ2) is 5.35. The molecule has 1 aliphatic heterocycles. The van der Waals surface area contributed by atoms with Gasteiger partial charge in [0.05, 0.1) is 6.54 Å². The zero-order valence-electron chi connectivity index (χ0n) is 11.9. The Hall–Kier alpha value is -1.52. The van der Waals surface area contributed by atoms with E-state index in [4.69, 9.17) is 11.6 Å². The van der Waals surface area contributed by atoms with Gasteiger partial charge in [-0.3, -0.25) is 0 Å². The lowest BCUT2D eigenvalue weighted by atomic mass is 10.1. The lowest BCUT2D eigenvalue weighted by molar-refractivity contribution is 0.560. The number of benzene rings is 1. The standard InChI is InChI=1S/C16H19ClN4/c17-15-9-14(4-1-12(15)10-19-13-2-3-13)21-8-7-20-6-5-18-16(20)11-21/h1,4-6,9,13,19H,2-3,7-8,10-11H2. The van der Waals surface area contributed by atoms with Gasteiger partial charge in [0, 0.05) is 48.8 Å². The third-order valence-corrected chi connectivity index (χ3v) is 4.66. The Labute approximate surface area is 129 Å². The number of fused-ring (bicyclic) bond motifs is 1. The molecule has 0 amide bonds. The van der Waals surface area contributed by atoms with Crippen LogP contribution in [0.1, 0.15) is 24.2 Å². The average molecular weight is 303 g/mol. The summed E-state index contributed by atoms with van der Waals surface area (Å²) in [6, 6.07) is 7.12. The average Bonchev–Trinajstić information content (AvgIpc) is 3.21. The number of halogens is 1. The lowest BCUT2D eigenvalue weighted by Crippen LogP contribution is -2.33. The SMILES string of the molecule is Clc1cc(N2CCn3ccnc3C2)ccc1CNC1CC1. The fourth-order valence-corrected chi connectivity index (χ4v) is 3.05. The molecule has 0 atom stereocenters. The van der Waals surface area contributed by atoms with E-state index in [0.717, 1.165) is 37.0 Å². The van der Waals surface area contributed by atoms with E-state index >= 15 is 0 Å². The number of aromatic nitrogens is 2. The first-order valence-electron chi connectivity index (χ1n) is 7.56. The number of rotatable bonds is 4. The van der Waals surface area contributed by atoms with E-state index in [1.165, 1.54) is 24.1 Å². The highest BCUT2D eigenvalue weighted by atomic mass is 35.5. The Morgan fingerprint density at radius 2 is 2.19 bits per heavy atom. The van der Waals surface area contributed by atoms with E-state index in [1.807, 2.05) is 12.4 Å². The molecule has 0 unspecified atom stereocenters. The van der Waals surface area contributed by atoms with Crippen molar-refractivity contribution in [3.05, 3.63) is 47.0 Å². The molecule has 0 radical (unpaired) electrons. The van der Waals surface area contributed by atoms with E-state index in [-0.39, 0.29) is 0 Å². The van der Waals surface area contributed by atoms with Crippen LogP contribution in [-0.4, -0.2) is 22.1 Å². The smallest absolute Gasteiger partial charge is 0.128 e. The highest BCUT2D eigenvalue weighted by Gasteiger charge is 2.21. The molecule has 2 heterocycles. The van der Waals surface area contributed by atoms with Gasteiger partial charge in [-0.1, -0.05) is 17.7 Å². The molecule has 4 rings (SSSR count). The molecule has 1 N–H and O–H groups in total. The molecular formula is C16H19ClN4. The predicted molar refractivity (Wildman–Crippen MR) is 84.6 cm³/mol. The molecule has 0 bridgehead atoms. The second-order valence-corrected chi connectivity index (χ2v) is 6.30. The molecule has 4 nitrogen and oxygen atoms in total. The van der Waals surface area contributed by atoms with Crippen molar-refractivity contribution >= 4 is 17.3 Å². The van der Waals surface area contributed by atoms with Gasteiger partial charge in [-0.25, -0.2) is 4.98 Å². The summed E-state index contributed by atoms with van der Waals surface area (Å²) in [6.45, 7) is 3.70. The summed E-state index contributed by atoms with van der Waals surface area (Å²) in [5, 5.41) is 4.37. The van der Waals surface area contributed by atoms with Crippen molar-refractivity contribution in [2.75, 3.05) is 11.4 Å². The maximum absolute atomic E-state index is 6.44. The summed E-state index contributed by atoms with van der Waals surface area (Å²) in [4.78, 5) is 6.75. The number of hydrogen-bond acceptors (Lipinski definition) is 3. The molecule has 1 aromatic carbocycles. The van der Waals surface area contributed by atoms with Gasteiger partial charge in [0.2, 0.25) is 0 Å². The van der Waals surface area contributed by atoms with Gasteiger partial charge in [-0.05, 0) is 30.5 Å². The molecule has 2 aromatic rings. The first kappa shape index (κ1) is 13.2. The van der Waals surface area contributed by atoms with Gasteiger partial charge in [-0.2, -0.15) is 0 Å². The summed E-state index contributed by atoms with van der Waals surface area (Å²) in [6.07, 6.45) is 6.52. The van der Waals surface area contributed by atoms with Crippen LogP contribution in [-0.2, 0) is 19.6 Å². The van der Waals surface area contributed by atoms with Crippen molar-refractivity contribution in [2.45, 2.75) is 38.5 Å². The zero-order chi connectivity index (χ0) is 14.2. The first-order chi connectivity index (χ1) is 10.3. The van der Waals surface area contributed by atoms with E-state index in [9.17, 15) is 0 Å². The highest BCUT2D eigenvalue weighted by Crippen LogP contribution is 2.27. The predicted octanol–water partition coefficient (Wildman–Crippen LogP) is 2.81. The number of nitrogens with one attached hydrogen (secondary N) is 1. The Balaban J connectivity index is 1.49. The van der Waals surface area contributed by atoms with Gasteiger partial charge in [0.25, 0.3) is 0 Å². The largest absolute Gasteiger partial charge is 0.362 e. The number of anilines is 1. The van der Waals surface area contributed by atoms with Gasteiger partial charge in [-0.15, -0.1) is 0 Å². The van der Waals surface area contributed by atoms with Crippen LogP contribution in [0.3, 0.4) is 0 Å². The molecule has 1 aliphatic carbocycles. The van der Waals surface area contributed by atoms with Gasteiger partial charge >= 0.3 is 0 Å². The van der Waals surface area contributed by atoms with Gasteiger partial charge < -0.3 is 14.8 Å². The third kappa shape index (κ3) is 2.78. The molecule has 21 heavy (non-hydrogen) atoms. The third-order valence-electron chi connectivity index (χ3n) is 4.31. The number of nitrogens with zero attached hydrogens (tertiary/aromatic N) is 3. The van der Waals surface area contributed by atoms with Crippen molar-refractivity contribution in [1.29, 1.82) is 0 Å². The van der Waals surface area contributed by atoms with Crippen LogP contribution in [0.15, 0.2) is 30.6 Å². The van der Waals surface area contributed by atoms with Crippen LogP contribution >= 0.6 is 11.6 Å². The Morgan fingerprint density at radius 1 is 1.29 bits per heavy atom. The van der Waals surface area contributed by atoms with Crippen LogP contribution in [0.4, 0.5) is 5.69 Å². The monoisotopic (exact) mass is 302 g/mol. The minimum Gasteiger partial charge on any atom is -0.362 e. The minimum atomic E-state index is 0.710. The van der Waals surface area contributed by atoms with Crippen LogP contribution in [0, 0.1) is 0 Å². The van der Waals surface area contributed by atoms with Crippen LogP contribution in [0.25, 0.3) is 0 Å². The maximum atomic E-state index is 6.44. The molecule has 110 valence electrons. The lowest BCUT2D eigenvalue weighted by Gasteiger charge is -2.30. The Bertz CT molecular complexity index is 647. The van der Waals surface area contributed by atoms with E-state index in [1.54, 1.807) is 0 Å². The molecular weight excluding hydrogens is 284 g/mol. The summed E-state index contributed by atoms with van der Waals surface area (Å²) in [5.74, 6) is 1.12. The number of imidazole rings is 1. The van der Waals surface area contributed by atoms with E-state index < -0.39 is 0 Å². The summed E-state index contributed by atoms with van der Waals surface area (Å²) in [7, 11) is 0. The van der Waals surface area contributed by atoms with Crippen molar-refractivity contribution < 1.29 is 0 Å². The summed E-state index contributed by atoms with van der Waals surface area (Å²) >= 11 is 6.44. The molecule has 1 aromatic heterocycles. The fraction of sp³-hybridized carbons (Fsp3) is 0.438. The maximum Gasteiger partial charge on any atom is 0.128 e. The number of hydrogen-bond donors (Lipinski definition) is 1. The van der Waals surface area contributed by atoms with Crippen LogP contribution in [0.2, 0.25) is 5.02 Å². The summed E-state index contributed by atoms with van der Waals surface area (Å²) < 4.78 is 2.21. The van der Waals surface area contributed by atoms with Gasteiger partial charge in [0.1, 0.15) is 5.82 Å². The van der Waals surface area contributed by atoms with Crippen molar-refractivity contribution in [3.8, 4) is 0 Å². The van der Waals surface area contributed by atoms with Gasteiger partial charge in [0.15, 0.2) is 0 Å². The molecule has 1 fully saturated rings. The van der Waals surface area contributed by atoms with Crippen molar-refractivity contribution in [3.63, 3.8) is 0 Å². The topological polar surface area (TPSA) is 33.1 Å². The molecule has 0 saturated heterocycles.